The largest absolute Gasteiger partial charge is 0.461 e. The molecule has 110 valence electrons. The van der Waals surface area contributed by atoms with E-state index in [1.165, 1.54) is 12.8 Å². The molecule has 2 rings (SSSR count). The van der Waals surface area contributed by atoms with Gasteiger partial charge in [0.1, 0.15) is 6.61 Å². The normalized spacial score (nSPS) is 20.4. The lowest BCUT2D eigenvalue weighted by molar-refractivity contribution is -0.146. The van der Waals surface area contributed by atoms with E-state index in [4.69, 9.17) is 16.3 Å². The predicted molar refractivity (Wildman–Crippen MR) is 80.6 cm³/mol. The monoisotopic (exact) mass is 295 g/mol. The van der Waals surface area contributed by atoms with Gasteiger partial charge in [0.25, 0.3) is 0 Å². The number of rotatable bonds is 5. The zero-order chi connectivity index (χ0) is 14.4. The van der Waals surface area contributed by atoms with E-state index in [1.807, 2.05) is 18.2 Å². The van der Waals surface area contributed by atoms with Crippen molar-refractivity contribution in [2.24, 2.45) is 11.8 Å². The van der Waals surface area contributed by atoms with Gasteiger partial charge in [0.2, 0.25) is 0 Å². The first kappa shape index (κ1) is 15.3. The van der Waals surface area contributed by atoms with E-state index in [0.717, 1.165) is 18.7 Å². The number of hydrogen-bond donors (Lipinski definition) is 1. The van der Waals surface area contributed by atoms with Crippen LogP contribution >= 0.6 is 11.6 Å². The second kappa shape index (κ2) is 7.65. The average Bonchev–Trinajstić information content (AvgIpc) is 2.47. The van der Waals surface area contributed by atoms with Gasteiger partial charge in [0, 0.05) is 17.0 Å². The minimum Gasteiger partial charge on any atom is -0.461 e. The first-order valence-corrected chi connectivity index (χ1v) is 7.64. The van der Waals surface area contributed by atoms with Crippen LogP contribution in [0.5, 0.6) is 0 Å². The number of carbonyl (C=O) groups excluding carboxylic acids is 1. The Morgan fingerprint density at radius 2 is 2.30 bits per heavy atom. The van der Waals surface area contributed by atoms with E-state index in [1.54, 1.807) is 6.07 Å². The summed E-state index contributed by atoms with van der Waals surface area (Å²) in [4.78, 5) is 11.9. The lowest BCUT2D eigenvalue weighted by Gasteiger charge is -2.27. The van der Waals surface area contributed by atoms with Crippen molar-refractivity contribution in [2.45, 2.75) is 32.8 Å². The molecule has 0 saturated carbocycles. The van der Waals surface area contributed by atoms with Crippen LogP contribution in [0.15, 0.2) is 24.3 Å². The molecule has 0 amide bonds. The van der Waals surface area contributed by atoms with E-state index in [2.05, 4.69) is 12.2 Å². The van der Waals surface area contributed by atoms with E-state index < -0.39 is 0 Å². The molecule has 1 saturated heterocycles. The fourth-order valence-electron chi connectivity index (χ4n) is 2.63. The first-order valence-electron chi connectivity index (χ1n) is 7.26. The quantitative estimate of drug-likeness (QED) is 0.846. The molecular formula is C16H22ClNO2. The highest BCUT2D eigenvalue weighted by Crippen LogP contribution is 2.23. The minimum absolute atomic E-state index is 0.136. The van der Waals surface area contributed by atoms with Gasteiger partial charge < -0.3 is 10.1 Å². The average molecular weight is 296 g/mol. The summed E-state index contributed by atoms with van der Waals surface area (Å²) < 4.78 is 5.33. The second-order valence-corrected chi connectivity index (χ2v) is 5.95. The maximum absolute atomic E-state index is 11.9. The van der Waals surface area contributed by atoms with Gasteiger partial charge in [-0.05, 0) is 43.8 Å². The number of benzene rings is 1. The van der Waals surface area contributed by atoms with Crippen LogP contribution in [0.1, 0.15) is 31.7 Å². The Balaban J connectivity index is 1.76. The topological polar surface area (TPSA) is 38.3 Å². The van der Waals surface area contributed by atoms with Gasteiger partial charge in [0.05, 0.1) is 0 Å². The van der Waals surface area contributed by atoms with Crippen LogP contribution in [-0.4, -0.2) is 19.1 Å². The summed E-state index contributed by atoms with van der Waals surface area (Å²) in [5, 5.41) is 4.03. The summed E-state index contributed by atoms with van der Waals surface area (Å²) in [5.74, 6) is 0.807. The van der Waals surface area contributed by atoms with Crippen LogP contribution in [0.25, 0.3) is 0 Å². The van der Waals surface area contributed by atoms with Crippen LogP contribution in [0.2, 0.25) is 5.02 Å². The second-order valence-electron chi connectivity index (χ2n) is 5.54. The van der Waals surface area contributed by atoms with E-state index in [0.29, 0.717) is 23.3 Å². The molecular weight excluding hydrogens is 274 g/mol. The van der Waals surface area contributed by atoms with Crippen molar-refractivity contribution in [1.29, 1.82) is 0 Å². The molecule has 0 aliphatic carbocycles. The molecule has 0 radical (unpaired) electrons. The molecule has 1 aromatic carbocycles. The van der Waals surface area contributed by atoms with Gasteiger partial charge in [-0.2, -0.15) is 0 Å². The molecule has 2 unspecified atom stereocenters. The highest BCUT2D eigenvalue weighted by molar-refractivity contribution is 6.31. The van der Waals surface area contributed by atoms with Gasteiger partial charge in [-0.25, -0.2) is 0 Å². The van der Waals surface area contributed by atoms with Gasteiger partial charge in [0.15, 0.2) is 0 Å². The molecule has 0 aromatic heterocycles. The smallest absolute Gasteiger partial charge is 0.306 e. The lowest BCUT2D eigenvalue weighted by atomic mass is 9.85. The van der Waals surface area contributed by atoms with Crippen LogP contribution < -0.4 is 5.32 Å². The fourth-order valence-corrected chi connectivity index (χ4v) is 2.82. The summed E-state index contributed by atoms with van der Waals surface area (Å²) in [6.07, 6.45) is 2.88. The third kappa shape index (κ3) is 4.50. The zero-order valence-electron chi connectivity index (χ0n) is 11.9. The van der Waals surface area contributed by atoms with Crippen LogP contribution in [-0.2, 0) is 16.1 Å². The maximum atomic E-state index is 11.9. The first-order chi connectivity index (χ1) is 9.66. The molecule has 1 N–H and O–H groups in total. The third-order valence-electron chi connectivity index (χ3n) is 3.97. The van der Waals surface area contributed by atoms with Crippen molar-refractivity contribution < 1.29 is 9.53 Å². The number of carbonyl (C=O) groups is 1. The Morgan fingerprint density at radius 3 is 3.00 bits per heavy atom. The van der Waals surface area contributed by atoms with Crippen molar-refractivity contribution in [3.8, 4) is 0 Å². The van der Waals surface area contributed by atoms with Crippen molar-refractivity contribution in [3.63, 3.8) is 0 Å². The molecule has 1 aromatic rings. The van der Waals surface area contributed by atoms with Crippen molar-refractivity contribution in [1.82, 2.24) is 5.32 Å². The molecule has 0 bridgehead atoms. The number of nitrogens with one attached hydrogen (secondary N) is 1. The predicted octanol–water partition coefficient (Wildman–Crippen LogP) is 3.41. The molecule has 1 heterocycles. The third-order valence-corrected chi connectivity index (χ3v) is 4.34. The Kier molecular flexibility index (Phi) is 5.86. The minimum atomic E-state index is -0.136. The summed E-state index contributed by atoms with van der Waals surface area (Å²) in [7, 11) is 0. The van der Waals surface area contributed by atoms with E-state index in [-0.39, 0.29) is 12.6 Å². The highest BCUT2D eigenvalue weighted by atomic mass is 35.5. The fraction of sp³-hybridized carbons (Fsp3) is 0.562. The number of piperidine rings is 1. The van der Waals surface area contributed by atoms with E-state index >= 15 is 0 Å². The standard InChI is InChI=1S/C16H22ClNO2/c1-12(13-6-4-8-18-10-13)9-16(19)20-11-14-5-2-3-7-15(14)17/h2-3,5,7,12-13,18H,4,6,8-11H2,1H3. The molecule has 1 aliphatic heterocycles. The lowest BCUT2D eigenvalue weighted by Crippen LogP contribution is -2.34. The summed E-state index contributed by atoms with van der Waals surface area (Å²) in [6, 6.07) is 7.45. The van der Waals surface area contributed by atoms with Gasteiger partial charge in [-0.1, -0.05) is 36.7 Å². The van der Waals surface area contributed by atoms with Crippen molar-refractivity contribution in [2.75, 3.05) is 13.1 Å². The zero-order valence-corrected chi connectivity index (χ0v) is 12.7. The Labute approximate surface area is 125 Å². The number of hydrogen-bond acceptors (Lipinski definition) is 3. The van der Waals surface area contributed by atoms with Gasteiger partial charge in [-0.15, -0.1) is 0 Å². The molecule has 2 atom stereocenters. The molecule has 0 spiro atoms. The Morgan fingerprint density at radius 1 is 1.50 bits per heavy atom. The van der Waals surface area contributed by atoms with Crippen molar-refractivity contribution in [3.05, 3.63) is 34.9 Å². The van der Waals surface area contributed by atoms with Crippen LogP contribution in [0, 0.1) is 11.8 Å². The van der Waals surface area contributed by atoms with Crippen molar-refractivity contribution >= 4 is 17.6 Å². The van der Waals surface area contributed by atoms with Gasteiger partial charge in [-0.3, -0.25) is 4.79 Å². The Bertz CT molecular complexity index is 444. The number of ether oxygens (including phenoxy) is 1. The number of esters is 1. The number of halogens is 1. The van der Waals surface area contributed by atoms with Crippen LogP contribution in [0.3, 0.4) is 0 Å². The molecule has 1 fully saturated rings. The molecule has 3 nitrogen and oxygen atoms in total. The molecule has 1 aliphatic rings. The summed E-state index contributed by atoms with van der Waals surface area (Å²) in [6.45, 7) is 4.50. The highest BCUT2D eigenvalue weighted by Gasteiger charge is 2.22. The maximum Gasteiger partial charge on any atom is 0.306 e. The van der Waals surface area contributed by atoms with Crippen LogP contribution in [0.4, 0.5) is 0 Å². The summed E-state index contributed by atoms with van der Waals surface area (Å²) >= 11 is 6.04. The molecule has 4 heteroatoms. The van der Waals surface area contributed by atoms with E-state index in [9.17, 15) is 4.79 Å². The Hall–Kier alpha value is -1.06. The SMILES string of the molecule is CC(CC(=O)OCc1ccccc1Cl)C1CCCNC1. The van der Waals surface area contributed by atoms with Gasteiger partial charge >= 0.3 is 5.97 Å². The summed E-state index contributed by atoms with van der Waals surface area (Å²) in [5.41, 5.74) is 0.856. The molecule has 20 heavy (non-hydrogen) atoms.